The number of aromatic nitrogens is 1. The summed E-state index contributed by atoms with van der Waals surface area (Å²) >= 11 is 0. The summed E-state index contributed by atoms with van der Waals surface area (Å²) < 4.78 is 13.0. The van der Waals surface area contributed by atoms with E-state index < -0.39 is 5.95 Å². The lowest BCUT2D eigenvalue weighted by Crippen LogP contribution is -2.42. The molecule has 110 valence electrons. The molecular formula is C15H22FN3O. The van der Waals surface area contributed by atoms with Gasteiger partial charge in [-0.25, -0.2) is 4.98 Å². The van der Waals surface area contributed by atoms with Crippen LogP contribution in [0, 0.1) is 11.9 Å². The molecule has 4 nitrogen and oxygen atoms in total. The van der Waals surface area contributed by atoms with Crippen LogP contribution in [0.25, 0.3) is 0 Å². The van der Waals surface area contributed by atoms with E-state index in [4.69, 9.17) is 0 Å². The Morgan fingerprint density at radius 3 is 2.75 bits per heavy atom. The second-order valence-corrected chi connectivity index (χ2v) is 5.74. The van der Waals surface area contributed by atoms with E-state index in [-0.39, 0.29) is 11.9 Å². The summed E-state index contributed by atoms with van der Waals surface area (Å²) in [6, 6.07) is 5.00. The second kappa shape index (κ2) is 6.68. The summed E-state index contributed by atoms with van der Waals surface area (Å²) in [5.41, 5.74) is 0. The monoisotopic (exact) mass is 279 g/mol. The van der Waals surface area contributed by atoms with E-state index in [1.54, 1.807) is 12.1 Å². The van der Waals surface area contributed by atoms with Crippen LogP contribution in [0.4, 0.5) is 10.2 Å². The van der Waals surface area contributed by atoms with E-state index in [1.807, 2.05) is 4.90 Å². The number of carbonyl (C=O) groups excluding carboxylic acids is 1. The number of hydrogen-bond acceptors (Lipinski definition) is 3. The molecule has 1 saturated heterocycles. The predicted molar refractivity (Wildman–Crippen MR) is 76.9 cm³/mol. The quantitative estimate of drug-likeness (QED) is 0.862. The zero-order valence-corrected chi connectivity index (χ0v) is 12.1. The van der Waals surface area contributed by atoms with Gasteiger partial charge in [0.1, 0.15) is 5.82 Å². The van der Waals surface area contributed by atoms with Crippen molar-refractivity contribution in [2.24, 2.45) is 5.92 Å². The third-order valence-corrected chi connectivity index (χ3v) is 3.50. The number of carbonyl (C=O) groups is 1. The molecule has 2 rings (SSSR count). The maximum atomic E-state index is 13.0. The Morgan fingerprint density at radius 2 is 2.15 bits per heavy atom. The maximum Gasteiger partial charge on any atom is 0.222 e. The number of nitrogens with one attached hydrogen (secondary N) is 1. The van der Waals surface area contributed by atoms with E-state index in [9.17, 15) is 9.18 Å². The van der Waals surface area contributed by atoms with E-state index in [2.05, 4.69) is 24.1 Å². The fourth-order valence-corrected chi connectivity index (χ4v) is 2.45. The van der Waals surface area contributed by atoms with Crippen molar-refractivity contribution in [1.29, 1.82) is 0 Å². The van der Waals surface area contributed by atoms with Gasteiger partial charge in [-0.05, 0) is 30.9 Å². The molecule has 1 N–H and O–H groups in total. The van der Waals surface area contributed by atoms with Crippen molar-refractivity contribution in [3.05, 3.63) is 24.1 Å². The van der Waals surface area contributed by atoms with Crippen LogP contribution in [0.2, 0.25) is 0 Å². The predicted octanol–water partition coefficient (Wildman–Crippen LogP) is 2.67. The minimum atomic E-state index is -0.473. The highest BCUT2D eigenvalue weighted by molar-refractivity contribution is 5.76. The summed E-state index contributed by atoms with van der Waals surface area (Å²) in [5.74, 6) is 0.730. The Hall–Kier alpha value is -1.65. The summed E-state index contributed by atoms with van der Waals surface area (Å²) in [7, 11) is 0. The fraction of sp³-hybridized carbons (Fsp3) is 0.600. The van der Waals surface area contributed by atoms with Crippen LogP contribution in [0.3, 0.4) is 0 Å². The van der Waals surface area contributed by atoms with Crippen molar-refractivity contribution in [2.75, 3.05) is 18.4 Å². The van der Waals surface area contributed by atoms with Crippen molar-refractivity contribution in [2.45, 2.75) is 39.2 Å². The minimum Gasteiger partial charge on any atom is -0.367 e. The van der Waals surface area contributed by atoms with E-state index in [0.717, 1.165) is 25.9 Å². The van der Waals surface area contributed by atoms with E-state index in [0.29, 0.717) is 18.2 Å². The van der Waals surface area contributed by atoms with Gasteiger partial charge < -0.3 is 10.2 Å². The van der Waals surface area contributed by atoms with Crippen molar-refractivity contribution < 1.29 is 9.18 Å². The lowest BCUT2D eigenvalue weighted by molar-refractivity contribution is -0.132. The number of pyridine rings is 1. The highest BCUT2D eigenvalue weighted by atomic mass is 19.1. The van der Waals surface area contributed by atoms with Gasteiger partial charge in [0, 0.05) is 25.6 Å². The summed E-state index contributed by atoms with van der Waals surface area (Å²) in [5, 5.41) is 3.23. The second-order valence-electron chi connectivity index (χ2n) is 5.74. The zero-order chi connectivity index (χ0) is 14.5. The summed E-state index contributed by atoms with van der Waals surface area (Å²) in [4.78, 5) is 17.7. The van der Waals surface area contributed by atoms with Crippen LogP contribution < -0.4 is 5.32 Å². The van der Waals surface area contributed by atoms with Crippen LogP contribution in [0.1, 0.15) is 33.1 Å². The topological polar surface area (TPSA) is 45.2 Å². The molecular weight excluding hydrogens is 257 g/mol. The SMILES string of the molecule is CC(C)CC(=O)N1CCC(Nc2cccc(F)n2)CC1. The molecule has 1 amide bonds. The summed E-state index contributed by atoms with van der Waals surface area (Å²) in [6.07, 6.45) is 2.37. The number of nitrogens with zero attached hydrogens (tertiary/aromatic N) is 2. The Kier molecular flexibility index (Phi) is 4.93. The first-order valence-electron chi connectivity index (χ1n) is 7.21. The molecule has 1 fully saturated rings. The van der Waals surface area contributed by atoms with Gasteiger partial charge in [0.05, 0.1) is 0 Å². The number of hydrogen-bond donors (Lipinski definition) is 1. The highest BCUT2D eigenvalue weighted by Gasteiger charge is 2.23. The van der Waals surface area contributed by atoms with Gasteiger partial charge >= 0.3 is 0 Å². The normalized spacial score (nSPS) is 16.5. The summed E-state index contributed by atoms with van der Waals surface area (Å²) in [6.45, 7) is 5.64. The van der Waals surface area contributed by atoms with Crippen molar-refractivity contribution in [3.63, 3.8) is 0 Å². The standard InChI is InChI=1S/C15H22FN3O/c1-11(2)10-15(20)19-8-6-12(7-9-19)17-14-5-3-4-13(16)18-14/h3-5,11-12H,6-10H2,1-2H3,(H,17,18). The van der Waals surface area contributed by atoms with Gasteiger partial charge in [-0.3, -0.25) is 4.79 Å². The van der Waals surface area contributed by atoms with Gasteiger partial charge in [-0.1, -0.05) is 19.9 Å². The molecule has 1 aliphatic heterocycles. The fourth-order valence-electron chi connectivity index (χ4n) is 2.45. The van der Waals surface area contributed by atoms with E-state index >= 15 is 0 Å². The molecule has 2 heterocycles. The Balaban J connectivity index is 1.81. The minimum absolute atomic E-state index is 0.238. The molecule has 1 aromatic rings. The maximum absolute atomic E-state index is 13.0. The smallest absolute Gasteiger partial charge is 0.222 e. The van der Waals surface area contributed by atoms with Gasteiger partial charge in [0.2, 0.25) is 11.9 Å². The van der Waals surface area contributed by atoms with Crippen LogP contribution >= 0.6 is 0 Å². The molecule has 0 spiro atoms. The van der Waals surface area contributed by atoms with Crippen LogP contribution in [0.5, 0.6) is 0 Å². The molecule has 20 heavy (non-hydrogen) atoms. The van der Waals surface area contributed by atoms with Crippen molar-refractivity contribution in [3.8, 4) is 0 Å². The first-order valence-corrected chi connectivity index (χ1v) is 7.21. The molecule has 0 aliphatic carbocycles. The molecule has 1 aromatic heterocycles. The van der Waals surface area contributed by atoms with E-state index in [1.165, 1.54) is 6.07 Å². The molecule has 0 bridgehead atoms. The number of likely N-dealkylation sites (tertiary alicyclic amines) is 1. The van der Waals surface area contributed by atoms with Crippen LogP contribution in [0.15, 0.2) is 18.2 Å². The van der Waals surface area contributed by atoms with Crippen molar-refractivity contribution >= 4 is 11.7 Å². The molecule has 0 aromatic carbocycles. The average Bonchev–Trinajstić information content (AvgIpc) is 2.38. The number of piperidine rings is 1. The van der Waals surface area contributed by atoms with Gasteiger partial charge in [0.15, 0.2) is 0 Å². The Labute approximate surface area is 119 Å². The van der Waals surface area contributed by atoms with Crippen LogP contribution in [-0.4, -0.2) is 34.9 Å². The lowest BCUT2D eigenvalue weighted by atomic mass is 10.0. The zero-order valence-electron chi connectivity index (χ0n) is 12.1. The van der Waals surface area contributed by atoms with Gasteiger partial charge in [-0.2, -0.15) is 4.39 Å². The molecule has 1 aliphatic rings. The average molecular weight is 279 g/mol. The van der Waals surface area contributed by atoms with Crippen LogP contribution in [-0.2, 0) is 4.79 Å². The molecule has 0 saturated carbocycles. The highest BCUT2D eigenvalue weighted by Crippen LogP contribution is 2.17. The third-order valence-electron chi connectivity index (χ3n) is 3.50. The third kappa shape index (κ3) is 4.18. The molecule has 0 atom stereocenters. The first-order chi connectivity index (χ1) is 9.54. The molecule has 0 radical (unpaired) electrons. The number of anilines is 1. The Bertz CT molecular complexity index is 456. The molecule has 5 heteroatoms. The first kappa shape index (κ1) is 14.8. The number of halogens is 1. The van der Waals surface area contributed by atoms with Crippen molar-refractivity contribution in [1.82, 2.24) is 9.88 Å². The van der Waals surface area contributed by atoms with Gasteiger partial charge in [0.25, 0.3) is 0 Å². The number of amides is 1. The number of rotatable bonds is 4. The van der Waals surface area contributed by atoms with Gasteiger partial charge in [-0.15, -0.1) is 0 Å². The molecule has 0 unspecified atom stereocenters. The lowest BCUT2D eigenvalue weighted by Gasteiger charge is -2.33. The largest absolute Gasteiger partial charge is 0.367 e. The Morgan fingerprint density at radius 1 is 1.45 bits per heavy atom.